The van der Waals surface area contributed by atoms with Crippen LogP contribution in [0, 0.1) is 17.6 Å². The number of hydrogen-bond donors (Lipinski definition) is 0. The minimum absolute atomic E-state index is 0.0398. The standard InChI is InChI=1S/C16H19F2NO2/c1-16(8-11-4-2-7-15(11)19-21-16)10-20-9-12-13(17)5-3-6-14(12)18/h3,5-6,11H,2,4,7-10H2,1H3. The zero-order valence-corrected chi connectivity index (χ0v) is 12.1. The molecular formula is C16H19F2NO2. The number of halogens is 2. The van der Waals surface area contributed by atoms with Gasteiger partial charge in [0.1, 0.15) is 11.6 Å². The van der Waals surface area contributed by atoms with Gasteiger partial charge >= 0.3 is 0 Å². The molecule has 114 valence electrons. The average Bonchev–Trinajstić information content (AvgIpc) is 2.89. The van der Waals surface area contributed by atoms with Crippen LogP contribution >= 0.6 is 0 Å². The van der Waals surface area contributed by atoms with Crippen LogP contribution in [0.3, 0.4) is 0 Å². The summed E-state index contributed by atoms with van der Waals surface area (Å²) in [6.45, 7) is 2.11. The van der Waals surface area contributed by atoms with E-state index in [4.69, 9.17) is 9.57 Å². The van der Waals surface area contributed by atoms with Crippen LogP contribution in [0.2, 0.25) is 0 Å². The van der Waals surface area contributed by atoms with Crippen LogP contribution in [0.15, 0.2) is 23.4 Å². The van der Waals surface area contributed by atoms with Gasteiger partial charge in [-0.15, -0.1) is 0 Å². The molecule has 21 heavy (non-hydrogen) atoms. The van der Waals surface area contributed by atoms with E-state index in [0.29, 0.717) is 5.92 Å². The summed E-state index contributed by atoms with van der Waals surface area (Å²) in [5.41, 5.74) is 0.592. The van der Waals surface area contributed by atoms with Crippen molar-refractivity contribution in [2.75, 3.05) is 6.61 Å². The molecule has 1 aromatic rings. The molecular weight excluding hydrogens is 276 g/mol. The molecule has 1 aliphatic heterocycles. The average molecular weight is 295 g/mol. The SMILES string of the molecule is CC1(COCc2c(F)cccc2F)CC2CCCC2=NO1. The normalized spacial score (nSPS) is 28.0. The maximum absolute atomic E-state index is 13.5. The maximum atomic E-state index is 13.5. The molecule has 0 aromatic heterocycles. The molecule has 3 nitrogen and oxygen atoms in total. The monoisotopic (exact) mass is 295 g/mol. The van der Waals surface area contributed by atoms with Gasteiger partial charge in [-0.3, -0.25) is 0 Å². The van der Waals surface area contributed by atoms with Gasteiger partial charge in [-0.05, 0) is 44.7 Å². The molecule has 2 unspecified atom stereocenters. The minimum atomic E-state index is -0.583. The van der Waals surface area contributed by atoms with E-state index in [-0.39, 0.29) is 18.8 Å². The van der Waals surface area contributed by atoms with Crippen molar-refractivity contribution >= 4 is 5.71 Å². The molecule has 1 aliphatic carbocycles. The molecule has 1 fully saturated rings. The fourth-order valence-electron chi connectivity index (χ4n) is 3.09. The van der Waals surface area contributed by atoms with Gasteiger partial charge in [0.25, 0.3) is 0 Å². The van der Waals surface area contributed by atoms with E-state index in [0.717, 1.165) is 31.4 Å². The third-order valence-electron chi connectivity index (χ3n) is 4.23. The van der Waals surface area contributed by atoms with Crippen LogP contribution in [0.4, 0.5) is 8.78 Å². The molecule has 0 bridgehead atoms. The van der Waals surface area contributed by atoms with Gasteiger partial charge < -0.3 is 9.57 Å². The van der Waals surface area contributed by atoms with Crippen LogP contribution in [-0.2, 0) is 16.2 Å². The van der Waals surface area contributed by atoms with E-state index < -0.39 is 17.2 Å². The summed E-state index contributed by atoms with van der Waals surface area (Å²) in [6.07, 6.45) is 4.16. The highest BCUT2D eigenvalue weighted by Crippen LogP contribution is 2.36. The summed E-state index contributed by atoms with van der Waals surface area (Å²) >= 11 is 0. The van der Waals surface area contributed by atoms with Crippen molar-refractivity contribution in [1.29, 1.82) is 0 Å². The van der Waals surface area contributed by atoms with E-state index >= 15 is 0 Å². The highest BCUT2D eigenvalue weighted by atomic mass is 19.1. The molecule has 1 saturated carbocycles. The first kappa shape index (κ1) is 14.4. The molecule has 2 atom stereocenters. The molecule has 1 heterocycles. The van der Waals surface area contributed by atoms with Crippen molar-refractivity contribution in [1.82, 2.24) is 0 Å². The number of fused-ring (bicyclic) bond motifs is 1. The summed E-state index contributed by atoms with van der Waals surface area (Å²) in [7, 11) is 0. The Morgan fingerprint density at radius 2 is 2.14 bits per heavy atom. The predicted molar refractivity (Wildman–Crippen MR) is 74.9 cm³/mol. The first-order valence-electron chi connectivity index (χ1n) is 7.33. The summed E-state index contributed by atoms with van der Waals surface area (Å²) in [5, 5.41) is 4.19. The number of rotatable bonds is 4. The number of ether oxygens (including phenoxy) is 1. The van der Waals surface area contributed by atoms with Crippen LogP contribution in [0.25, 0.3) is 0 Å². The second kappa shape index (κ2) is 5.72. The second-order valence-electron chi connectivity index (χ2n) is 6.11. The smallest absolute Gasteiger partial charge is 0.158 e. The Hall–Kier alpha value is -1.49. The molecule has 1 aromatic carbocycles. The number of oxime groups is 1. The molecule has 3 rings (SSSR count). The van der Waals surface area contributed by atoms with Crippen molar-refractivity contribution in [2.24, 2.45) is 11.1 Å². The van der Waals surface area contributed by atoms with Gasteiger partial charge in [0.05, 0.1) is 18.9 Å². The molecule has 2 aliphatic rings. The lowest BCUT2D eigenvalue weighted by Crippen LogP contribution is -2.39. The summed E-state index contributed by atoms with van der Waals surface area (Å²) < 4.78 is 32.5. The largest absolute Gasteiger partial charge is 0.387 e. The van der Waals surface area contributed by atoms with Crippen LogP contribution < -0.4 is 0 Å². The third-order valence-corrected chi connectivity index (χ3v) is 4.23. The fraction of sp³-hybridized carbons (Fsp3) is 0.562. The Morgan fingerprint density at radius 3 is 2.90 bits per heavy atom. The zero-order chi connectivity index (χ0) is 14.9. The molecule has 0 N–H and O–H groups in total. The predicted octanol–water partition coefficient (Wildman–Crippen LogP) is 3.82. The lowest BCUT2D eigenvalue weighted by atomic mass is 9.89. The summed E-state index contributed by atoms with van der Waals surface area (Å²) in [6, 6.07) is 3.81. The van der Waals surface area contributed by atoms with Gasteiger partial charge in [0.15, 0.2) is 5.60 Å². The van der Waals surface area contributed by atoms with Gasteiger partial charge in [-0.25, -0.2) is 8.78 Å². The van der Waals surface area contributed by atoms with Gasteiger partial charge in [-0.1, -0.05) is 11.2 Å². The highest BCUT2D eigenvalue weighted by Gasteiger charge is 2.39. The van der Waals surface area contributed by atoms with Gasteiger partial charge in [-0.2, -0.15) is 0 Å². The number of hydrogen-bond acceptors (Lipinski definition) is 3. The van der Waals surface area contributed by atoms with E-state index in [2.05, 4.69) is 5.16 Å². The van der Waals surface area contributed by atoms with Crippen molar-refractivity contribution in [3.8, 4) is 0 Å². The number of benzene rings is 1. The van der Waals surface area contributed by atoms with Crippen molar-refractivity contribution in [3.63, 3.8) is 0 Å². The van der Waals surface area contributed by atoms with E-state index in [1.165, 1.54) is 18.2 Å². The second-order valence-corrected chi connectivity index (χ2v) is 6.11. The summed E-state index contributed by atoms with van der Waals surface area (Å²) in [5.74, 6) is -0.695. The first-order chi connectivity index (χ1) is 10.1. The van der Waals surface area contributed by atoms with E-state index in [1.807, 2.05) is 6.92 Å². The minimum Gasteiger partial charge on any atom is -0.387 e. The molecule has 0 amide bonds. The Balaban J connectivity index is 1.58. The number of nitrogens with zero attached hydrogens (tertiary/aromatic N) is 1. The highest BCUT2D eigenvalue weighted by molar-refractivity contribution is 5.88. The Morgan fingerprint density at radius 1 is 1.38 bits per heavy atom. The van der Waals surface area contributed by atoms with Crippen LogP contribution in [0.1, 0.15) is 38.2 Å². The van der Waals surface area contributed by atoms with Crippen molar-refractivity contribution < 1.29 is 18.4 Å². The van der Waals surface area contributed by atoms with Gasteiger partial charge in [0, 0.05) is 11.5 Å². The van der Waals surface area contributed by atoms with Crippen LogP contribution in [0.5, 0.6) is 0 Å². The molecule has 0 saturated heterocycles. The zero-order valence-electron chi connectivity index (χ0n) is 12.1. The lowest BCUT2D eigenvalue weighted by molar-refractivity contribution is -0.107. The molecule has 5 heteroatoms. The lowest BCUT2D eigenvalue weighted by Gasteiger charge is -2.33. The Kier molecular flexibility index (Phi) is 3.93. The van der Waals surface area contributed by atoms with Crippen molar-refractivity contribution in [2.45, 2.75) is 44.8 Å². The first-order valence-corrected chi connectivity index (χ1v) is 7.33. The third kappa shape index (κ3) is 3.07. The van der Waals surface area contributed by atoms with E-state index in [9.17, 15) is 8.78 Å². The molecule has 0 spiro atoms. The quantitative estimate of drug-likeness (QED) is 0.845. The van der Waals surface area contributed by atoms with Crippen LogP contribution in [-0.4, -0.2) is 17.9 Å². The van der Waals surface area contributed by atoms with Gasteiger partial charge in [0.2, 0.25) is 0 Å². The fourth-order valence-corrected chi connectivity index (χ4v) is 3.09. The Labute approximate surface area is 122 Å². The molecule has 0 radical (unpaired) electrons. The maximum Gasteiger partial charge on any atom is 0.158 e. The topological polar surface area (TPSA) is 30.8 Å². The summed E-state index contributed by atoms with van der Waals surface area (Å²) in [4.78, 5) is 5.55. The Bertz CT molecular complexity index is 541. The van der Waals surface area contributed by atoms with E-state index in [1.54, 1.807) is 0 Å². The van der Waals surface area contributed by atoms with Crippen molar-refractivity contribution in [3.05, 3.63) is 35.4 Å².